The molecule has 3 aromatic carbocycles. The minimum absolute atomic E-state index is 0.109. The van der Waals surface area contributed by atoms with Crippen LogP contribution in [0.2, 0.25) is 0 Å². The van der Waals surface area contributed by atoms with Crippen LogP contribution in [0.1, 0.15) is 23.1 Å². The van der Waals surface area contributed by atoms with Gasteiger partial charge < -0.3 is 19.9 Å². The summed E-state index contributed by atoms with van der Waals surface area (Å²) in [6, 6.07) is 27.9. The molecule has 0 aliphatic rings. The molecule has 0 aliphatic carbocycles. The Morgan fingerprint density at radius 3 is 1.84 bits per heavy atom. The molecule has 2 N–H and O–H groups in total. The Kier molecular flexibility index (Phi) is 7.79. The Morgan fingerprint density at radius 2 is 1.32 bits per heavy atom. The van der Waals surface area contributed by atoms with Crippen LogP contribution in [-0.4, -0.2) is 30.3 Å². The first kappa shape index (κ1) is 22.1. The number of hydrogen-bond acceptors (Lipinski definition) is 4. The van der Waals surface area contributed by atoms with E-state index >= 15 is 0 Å². The van der Waals surface area contributed by atoms with Crippen LogP contribution in [0.3, 0.4) is 0 Å². The highest BCUT2D eigenvalue weighted by atomic mass is 16.5. The van der Waals surface area contributed by atoms with Crippen LogP contribution in [0.5, 0.6) is 0 Å². The highest BCUT2D eigenvalue weighted by molar-refractivity contribution is 5.70. The van der Waals surface area contributed by atoms with Crippen LogP contribution >= 0.6 is 0 Å². The predicted molar refractivity (Wildman–Crippen MR) is 116 cm³/mol. The molecule has 1 amide bonds. The van der Waals surface area contributed by atoms with Crippen molar-refractivity contribution < 1.29 is 24.2 Å². The summed E-state index contributed by atoms with van der Waals surface area (Å²) >= 11 is 0. The Balaban J connectivity index is 1.66. The van der Waals surface area contributed by atoms with E-state index in [9.17, 15) is 14.7 Å². The van der Waals surface area contributed by atoms with Crippen LogP contribution in [0, 0.1) is 0 Å². The molecule has 0 atom stereocenters. The summed E-state index contributed by atoms with van der Waals surface area (Å²) in [7, 11) is 0. The number of carbonyl (C=O) groups is 2. The number of nitrogens with one attached hydrogen (secondary N) is 1. The molecule has 0 spiro atoms. The molecule has 6 heteroatoms. The third-order valence-electron chi connectivity index (χ3n) is 4.81. The van der Waals surface area contributed by atoms with E-state index in [1.54, 1.807) is 0 Å². The number of amides is 1. The fourth-order valence-corrected chi connectivity index (χ4v) is 3.37. The quantitative estimate of drug-likeness (QED) is 0.477. The zero-order valence-corrected chi connectivity index (χ0v) is 17.1. The van der Waals surface area contributed by atoms with Gasteiger partial charge in [-0.2, -0.15) is 0 Å². The zero-order chi connectivity index (χ0) is 21.9. The number of alkyl carbamates (subject to hydrolysis) is 1. The SMILES string of the molecule is O=C(O)CC(OCCNC(=O)OCc1ccccc1)(c1ccccc1)c1ccccc1. The fourth-order valence-electron chi connectivity index (χ4n) is 3.37. The molecule has 31 heavy (non-hydrogen) atoms. The number of rotatable bonds is 10. The van der Waals surface area contributed by atoms with Crippen molar-refractivity contribution in [2.75, 3.05) is 13.2 Å². The third kappa shape index (κ3) is 6.17. The van der Waals surface area contributed by atoms with Crippen LogP contribution < -0.4 is 5.32 Å². The van der Waals surface area contributed by atoms with Crippen molar-refractivity contribution in [3.8, 4) is 0 Å². The van der Waals surface area contributed by atoms with E-state index in [1.807, 2.05) is 91.0 Å². The van der Waals surface area contributed by atoms with Gasteiger partial charge in [0.2, 0.25) is 0 Å². The van der Waals surface area contributed by atoms with E-state index in [0.717, 1.165) is 16.7 Å². The highest BCUT2D eigenvalue weighted by Gasteiger charge is 2.37. The molecule has 3 aromatic rings. The fraction of sp³-hybridized carbons (Fsp3) is 0.200. The summed E-state index contributed by atoms with van der Waals surface area (Å²) in [5, 5.41) is 12.3. The molecule has 0 saturated carbocycles. The van der Waals surface area contributed by atoms with Crippen LogP contribution in [0.4, 0.5) is 4.79 Å². The molecule has 0 aliphatic heterocycles. The van der Waals surface area contributed by atoms with E-state index in [2.05, 4.69) is 5.32 Å². The number of benzene rings is 3. The lowest BCUT2D eigenvalue weighted by molar-refractivity contribution is -0.144. The lowest BCUT2D eigenvalue weighted by Gasteiger charge is -2.34. The molecule has 3 rings (SSSR count). The number of carbonyl (C=O) groups excluding carboxylic acids is 1. The van der Waals surface area contributed by atoms with Gasteiger partial charge in [0.05, 0.1) is 13.0 Å². The van der Waals surface area contributed by atoms with E-state index in [4.69, 9.17) is 9.47 Å². The van der Waals surface area contributed by atoms with Crippen molar-refractivity contribution in [3.05, 3.63) is 108 Å². The van der Waals surface area contributed by atoms with Crippen molar-refractivity contribution in [1.29, 1.82) is 0 Å². The third-order valence-corrected chi connectivity index (χ3v) is 4.81. The van der Waals surface area contributed by atoms with E-state index < -0.39 is 17.7 Å². The summed E-state index contributed by atoms with van der Waals surface area (Å²) in [6.07, 6.45) is -0.810. The Bertz CT molecular complexity index is 921. The van der Waals surface area contributed by atoms with E-state index in [-0.39, 0.29) is 26.2 Å². The summed E-state index contributed by atoms with van der Waals surface area (Å²) in [6.45, 7) is 0.455. The van der Waals surface area contributed by atoms with Gasteiger partial charge in [0.1, 0.15) is 12.2 Å². The summed E-state index contributed by atoms with van der Waals surface area (Å²) < 4.78 is 11.4. The lowest BCUT2D eigenvalue weighted by Crippen LogP contribution is -2.37. The highest BCUT2D eigenvalue weighted by Crippen LogP contribution is 2.37. The molecule has 0 aromatic heterocycles. The van der Waals surface area contributed by atoms with Gasteiger partial charge in [-0.3, -0.25) is 4.79 Å². The summed E-state index contributed by atoms with van der Waals surface area (Å²) in [4.78, 5) is 23.7. The summed E-state index contributed by atoms with van der Waals surface area (Å²) in [5.74, 6) is -0.983. The number of aliphatic carboxylic acids is 1. The number of hydrogen-bond donors (Lipinski definition) is 2. The van der Waals surface area contributed by atoms with Crippen LogP contribution in [-0.2, 0) is 26.5 Å². The second-order valence-electron chi connectivity index (χ2n) is 6.97. The van der Waals surface area contributed by atoms with E-state index in [1.165, 1.54) is 0 Å². The first-order valence-electron chi connectivity index (χ1n) is 10.0. The molecule has 0 unspecified atom stereocenters. The normalized spacial score (nSPS) is 11.0. The van der Waals surface area contributed by atoms with Gasteiger partial charge in [0.15, 0.2) is 0 Å². The first-order chi connectivity index (χ1) is 15.1. The topological polar surface area (TPSA) is 84.9 Å². The van der Waals surface area contributed by atoms with Crippen molar-refractivity contribution in [3.63, 3.8) is 0 Å². The Hall–Kier alpha value is -3.64. The van der Waals surface area contributed by atoms with Crippen LogP contribution in [0.15, 0.2) is 91.0 Å². The van der Waals surface area contributed by atoms with Crippen molar-refractivity contribution in [2.45, 2.75) is 18.6 Å². The average Bonchev–Trinajstić information content (AvgIpc) is 2.81. The lowest BCUT2D eigenvalue weighted by atomic mass is 9.83. The maximum absolute atomic E-state index is 12.0. The maximum atomic E-state index is 12.0. The van der Waals surface area contributed by atoms with Gasteiger partial charge in [-0.25, -0.2) is 4.79 Å². The standard InChI is InChI=1S/C25H25NO5/c27-23(28)18-25(21-12-6-2-7-13-21,22-14-8-3-9-15-22)31-17-16-26-24(29)30-19-20-10-4-1-5-11-20/h1-15H,16-19H2,(H,26,29)(H,27,28). The van der Waals surface area contributed by atoms with Gasteiger partial charge >= 0.3 is 12.1 Å². The number of ether oxygens (including phenoxy) is 2. The first-order valence-corrected chi connectivity index (χ1v) is 10.0. The molecule has 6 nitrogen and oxygen atoms in total. The molecular weight excluding hydrogens is 394 g/mol. The molecule has 0 saturated heterocycles. The second kappa shape index (κ2) is 10.9. The van der Waals surface area contributed by atoms with Gasteiger partial charge in [-0.05, 0) is 16.7 Å². The second-order valence-corrected chi connectivity index (χ2v) is 6.97. The molecule has 0 heterocycles. The van der Waals surface area contributed by atoms with Gasteiger partial charge in [0.25, 0.3) is 0 Å². The van der Waals surface area contributed by atoms with Gasteiger partial charge in [-0.15, -0.1) is 0 Å². The molecule has 160 valence electrons. The monoisotopic (exact) mass is 419 g/mol. The smallest absolute Gasteiger partial charge is 0.407 e. The zero-order valence-electron chi connectivity index (χ0n) is 17.1. The van der Waals surface area contributed by atoms with Crippen molar-refractivity contribution in [2.24, 2.45) is 0 Å². The number of carboxylic acid groups (broad SMARTS) is 1. The van der Waals surface area contributed by atoms with Gasteiger partial charge in [0, 0.05) is 6.54 Å². The van der Waals surface area contributed by atoms with Crippen LogP contribution in [0.25, 0.3) is 0 Å². The number of carboxylic acids is 1. The molecule has 0 radical (unpaired) electrons. The molecular formula is C25H25NO5. The molecule has 0 fully saturated rings. The predicted octanol–water partition coefficient (Wildman–Crippen LogP) is 4.35. The minimum Gasteiger partial charge on any atom is -0.481 e. The molecule has 0 bridgehead atoms. The summed E-state index contributed by atoms with van der Waals surface area (Å²) in [5.41, 5.74) is 1.18. The van der Waals surface area contributed by atoms with Crippen molar-refractivity contribution in [1.82, 2.24) is 5.32 Å². The minimum atomic E-state index is -1.18. The van der Waals surface area contributed by atoms with E-state index in [0.29, 0.717) is 0 Å². The maximum Gasteiger partial charge on any atom is 0.407 e. The van der Waals surface area contributed by atoms with Gasteiger partial charge in [-0.1, -0.05) is 91.0 Å². The Morgan fingerprint density at radius 1 is 0.806 bits per heavy atom. The largest absolute Gasteiger partial charge is 0.481 e. The Labute approximate surface area is 181 Å². The van der Waals surface area contributed by atoms with Crippen molar-refractivity contribution >= 4 is 12.1 Å². The average molecular weight is 419 g/mol.